The minimum absolute atomic E-state index is 0.137. The third-order valence-corrected chi connectivity index (χ3v) is 4.70. The number of carbonyl (C=O) groups is 2. The van der Waals surface area contributed by atoms with E-state index in [4.69, 9.17) is 10.8 Å². The van der Waals surface area contributed by atoms with Crippen LogP contribution < -0.4 is 16.0 Å². The molecule has 1 amide bonds. The van der Waals surface area contributed by atoms with Crippen molar-refractivity contribution in [3.63, 3.8) is 0 Å². The number of carboxylic acid groups (broad SMARTS) is 1. The van der Waals surface area contributed by atoms with E-state index in [0.717, 1.165) is 28.3 Å². The monoisotopic (exact) mass is 463 g/mol. The van der Waals surface area contributed by atoms with Crippen molar-refractivity contribution in [1.29, 1.82) is 0 Å². The van der Waals surface area contributed by atoms with Crippen LogP contribution in [0.15, 0.2) is 83.8 Å². The Hall–Kier alpha value is -4.20. The molecule has 8 heteroatoms. The summed E-state index contributed by atoms with van der Waals surface area (Å²) in [6.45, 7) is 14.7. The van der Waals surface area contributed by atoms with Crippen LogP contribution in [0.5, 0.6) is 0 Å². The Morgan fingerprint density at radius 3 is 2.35 bits per heavy atom. The van der Waals surface area contributed by atoms with Gasteiger partial charge in [0.2, 0.25) is 5.91 Å². The number of anilines is 2. The normalized spacial score (nSPS) is 10.4. The second kappa shape index (κ2) is 14.1. The standard InChI is InChI=1S/C20H24N4O2.C6H9NO/c1-15-10-11-22-19(12-15)23-13-17(21-2)14-24(3)18-7-4-16(5-8-18)6-9-20(25)26;1-4(2)5(3)6(7)8/h4-5,7-8,10-12,14H,2,6,9,13H2,1,3H3,(H,22,23)(H,25,26);1,3H2,2H3,(H2,7,8)/b17-14-;. The number of aliphatic carboxylic acids is 1. The molecular formula is C26H33N5O3. The van der Waals surface area contributed by atoms with Gasteiger partial charge in [0.1, 0.15) is 5.82 Å². The lowest BCUT2D eigenvalue weighted by Gasteiger charge is -2.16. The number of hydrogen-bond donors (Lipinski definition) is 3. The molecule has 0 aliphatic carbocycles. The summed E-state index contributed by atoms with van der Waals surface area (Å²) >= 11 is 0. The average Bonchev–Trinajstić information content (AvgIpc) is 2.80. The molecule has 0 bridgehead atoms. The van der Waals surface area contributed by atoms with E-state index in [2.05, 4.69) is 35.2 Å². The molecule has 8 nitrogen and oxygen atoms in total. The predicted molar refractivity (Wildman–Crippen MR) is 139 cm³/mol. The SMILES string of the molecule is C=C(C)C(=C)C(N)=O.C=N/C(=C\N(C)c1ccc(CCC(=O)O)cc1)CNc1cc(C)ccn1. The molecule has 34 heavy (non-hydrogen) atoms. The lowest BCUT2D eigenvalue weighted by Crippen LogP contribution is -2.13. The largest absolute Gasteiger partial charge is 0.481 e. The van der Waals surface area contributed by atoms with Crippen molar-refractivity contribution < 1.29 is 14.7 Å². The van der Waals surface area contributed by atoms with Crippen LogP contribution in [0.1, 0.15) is 24.5 Å². The van der Waals surface area contributed by atoms with Gasteiger partial charge in [0.15, 0.2) is 0 Å². The smallest absolute Gasteiger partial charge is 0.303 e. The summed E-state index contributed by atoms with van der Waals surface area (Å²) in [5.41, 5.74) is 9.67. The summed E-state index contributed by atoms with van der Waals surface area (Å²) in [6.07, 6.45) is 4.34. The zero-order chi connectivity index (χ0) is 25.7. The van der Waals surface area contributed by atoms with Gasteiger partial charge in [0.25, 0.3) is 0 Å². The van der Waals surface area contributed by atoms with E-state index < -0.39 is 11.9 Å². The lowest BCUT2D eigenvalue weighted by atomic mass is 10.1. The highest BCUT2D eigenvalue weighted by molar-refractivity contribution is 5.95. The van der Waals surface area contributed by atoms with Crippen molar-refractivity contribution in [2.45, 2.75) is 26.7 Å². The quantitative estimate of drug-likeness (QED) is 0.262. The first-order valence-electron chi connectivity index (χ1n) is 10.6. The van der Waals surface area contributed by atoms with Gasteiger partial charge in [-0.25, -0.2) is 4.98 Å². The van der Waals surface area contributed by atoms with Crippen molar-refractivity contribution in [2.24, 2.45) is 10.7 Å². The van der Waals surface area contributed by atoms with Crippen LogP contribution in [0.2, 0.25) is 0 Å². The Morgan fingerprint density at radius 2 is 1.88 bits per heavy atom. The van der Waals surface area contributed by atoms with Crippen molar-refractivity contribution in [1.82, 2.24) is 4.98 Å². The van der Waals surface area contributed by atoms with Gasteiger partial charge in [-0.2, -0.15) is 0 Å². The van der Waals surface area contributed by atoms with Crippen LogP contribution in [0, 0.1) is 6.92 Å². The molecule has 0 atom stereocenters. The van der Waals surface area contributed by atoms with Crippen LogP contribution in [0.25, 0.3) is 0 Å². The van der Waals surface area contributed by atoms with E-state index in [1.807, 2.05) is 61.5 Å². The Labute approximate surface area is 201 Å². The van der Waals surface area contributed by atoms with Crippen molar-refractivity contribution in [3.8, 4) is 0 Å². The molecule has 0 aliphatic heterocycles. The van der Waals surface area contributed by atoms with Crippen molar-refractivity contribution >= 4 is 30.1 Å². The molecule has 1 aromatic heterocycles. The van der Waals surface area contributed by atoms with Crippen LogP contribution in [-0.4, -0.2) is 42.3 Å². The molecule has 0 aliphatic rings. The van der Waals surface area contributed by atoms with Gasteiger partial charge < -0.3 is 21.1 Å². The van der Waals surface area contributed by atoms with Crippen LogP contribution in [0.4, 0.5) is 11.5 Å². The number of rotatable bonds is 11. The fourth-order valence-corrected chi connectivity index (χ4v) is 2.61. The zero-order valence-electron chi connectivity index (χ0n) is 20.0. The molecule has 1 aromatic carbocycles. The van der Waals surface area contributed by atoms with Gasteiger partial charge in [-0.1, -0.05) is 25.3 Å². The fourth-order valence-electron chi connectivity index (χ4n) is 2.61. The highest BCUT2D eigenvalue weighted by Crippen LogP contribution is 2.17. The molecule has 0 saturated heterocycles. The number of nitrogens with one attached hydrogen (secondary N) is 1. The van der Waals surface area contributed by atoms with Crippen molar-refractivity contribution in [2.75, 3.05) is 23.8 Å². The maximum Gasteiger partial charge on any atom is 0.303 e. The second-order valence-corrected chi connectivity index (χ2v) is 7.64. The first kappa shape index (κ1) is 27.8. The molecule has 0 spiro atoms. The van der Waals surface area contributed by atoms with E-state index in [9.17, 15) is 9.59 Å². The first-order chi connectivity index (χ1) is 16.0. The molecule has 0 saturated carbocycles. The van der Waals surface area contributed by atoms with E-state index in [1.54, 1.807) is 13.1 Å². The Balaban J connectivity index is 0.000000620. The number of pyridine rings is 1. The summed E-state index contributed by atoms with van der Waals surface area (Å²) in [4.78, 5) is 31.1. The molecule has 180 valence electrons. The molecule has 0 fully saturated rings. The van der Waals surface area contributed by atoms with E-state index >= 15 is 0 Å². The van der Waals surface area contributed by atoms with Gasteiger partial charge in [-0.15, -0.1) is 0 Å². The molecule has 2 aromatic rings. The lowest BCUT2D eigenvalue weighted by molar-refractivity contribution is -0.137. The number of benzene rings is 1. The Morgan fingerprint density at radius 1 is 1.24 bits per heavy atom. The summed E-state index contributed by atoms with van der Waals surface area (Å²) in [6, 6.07) is 11.7. The fraction of sp³-hybridized carbons (Fsp3) is 0.231. The average molecular weight is 464 g/mol. The highest BCUT2D eigenvalue weighted by atomic mass is 16.4. The van der Waals surface area contributed by atoms with E-state index in [1.165, 1.54) is 0 Å². The van der Waals surface area contributed by atoms with E-state index in [0.29, 0.717) is 24.1 Å². The number of primary amides is 1. The number of hydrogen-bond acceptors (Lipinski definition) is 6. The summed E-state index contributed by atoms with van der Waals surface area (Å²) in [5.74, 6) is -0.492. The summed E-state index contributed by atoms with van der Waals surface area (Å²) in [7, 11) is 1.93. The summed E-state index contributed by atoms with van der Waals surface area (Å²) < 4.78 is 0. The highest BCUT2D eigenvalue weighted by Gasteiger charge is 2.04. The zero-order valence-corrected chi connectivity index (χ0v) is 20.0. The first-order valence-corrected chi connectivity index (χ1v) is 10.6. The number of aromatic nitrogens is 1. The number of carbonyl (C=O) groups excluding carboxylic acids is 1. The number of aryl methyl sites for hydroxylation is 2. The number of aliphatic imine (C=N–C) groups is 1. The summed E-state index contributed by atoms with van der Waals surface area (Å²) in [5, 5.41) is 12.0. The van der Waals surface area contributed by atoms with Crippen molar-refractivity contribution in [3.05, 3.63) is 89.9 Å². The van der Waals surface area contributed by atoms with Gasteiger partial charge in [0, 0.05) is 37.1 Å². The molecule has 4 N–H and O–H groups in total. The number of nitrogens with zero attached hydrogens (tertiary/aromatic N) is 3. The molecule has 0 radical (unpaired) electrons. The van der Waals surface area contributed by atoms with Gasteiger partial charge in [0.05, 0.1) is 12.2 Å². The maximum absolute atomic E-state index is 10.6. The molecule has 2 rings (SSSR count). The topological polar surface area (TPSA) is 121 Å². The number of amides is 1. The second-order valence-electron chi connectivity index (χ2n) is 7.64. The van der Waals surface area contributed by atoms with Crippen LogP contribution >= 0.6 is 0 Å². The Bertz CT molecular complexity index is 1040. The molecule has 0 unspecified atom stereocenters. The predicted octanol–water partition coefficient (Wildman–Crippen LogP) is 4.10. The third-order valence-electron chi connectivity index (χ3n) is 4.70. The minimum Gasteiger partial charge on any atom is -0.481 e. The molecule has 1 heterocycles. The number of carboxylic acids is 1. The minimum atomic E-state index is -0.786. The van der Waals surface area contributed by atoms with Gasteiger partial charge in [-0.05, 0) is 68.0 Å². The molecular weight excluding hydrogens is 430 g/mol. The third kappa shape index (κ3) is 10.4. The number of nitrogens with two attached hydrogens (primary N) is 1. The maximum atomic E-state index is 10.6. The van der Waals surface area contributed by atoms with Gasteiger partial charge in [-0.3, -0.25) is 14.6 Å². The van der Waals surface area contributed by atoms with Gasteiger partial charge >= 0.3 is 5.97 Å². The van der Waals surface area contributed by atoms with E-state index in [-0.39, 0.29) is 6.42 Å². The van der Waals surface area contributed by atoms with Crippen LogP contribution in [-0.2, 0) is 16.0 Å². The Kier molecular flexibility index (Phi) is 11.5. The van der Waals surface area contributed by atoms with Crippen LogP contribution in [0.3, 0.4) is 0 Å².